The molecule has 11 nitrogen and oxygen atoms in total. The minimum Gasteiger partial charge on any atom is -0.468 e. The van der Waals surface area contributed by atoms with Gasteiger partial charge in [-0.2, -0.15) is 0 Å². The van der Waals surface area contributed by atoms with Gasteiger partial charge in [0.15, 0.2) is 12.6 Å². The van der Waals surface area contributed by atoms with Crippen LogP contribution in [0.1, 0.15) is 86.4 Å². The van der Waals surface area contributed by atoms with Crippen LogP contribution in [0.3, 0.4) is 0 Å². The van der Waals surface area contributed by atoms with E-state index in [-0.39, 0.29) is 69.5 Å². The number of hydrogen-bond donors (Lipinski definition) is 1. The quantitative estimate of drug-likeness (QED) is 0.0716. The lowest BCUT2D eigenvalue weighted by Gasteiger charge is -2.38. The second-order valence-corrected chi connectivity index (χ2v) is 24.3. The van der Waals surface area contributed by atoms with E-state index in [0.29, 0.717) is 41.6 Å². The van der Waals surface area contributed by atoms with Gasteiger partial charge in [0.2, 0.25) is 15.0 Å². The van der Waals surface area contributed by atoms with Gasteiger partial charge in [-0.15, -0.1) is 5.54 Å². The zero-order valence-corrected chi connectivity index (χ0v) is 36.9. The summed E-state index contributed by atoms with van der Waals surface area (Å²) in [5, 5.41) is 3.41. The van der Waals surface area contributed by atoms with Gasteiger partial charge in [0, 0.05) is 43.4 Å². The fourth-order valence-electron chi connectivity index (χ4n) is 8.18. The number of anilines is 1. The monoisotopic (exact) mass is 823 g/mol. The van der Waals surface area contributed by atoms with Crippen LogP contribution >= 0.6 is 0 Å². The Bertz CT molecular complexity index is 2330. The summed E-state index contributed by atoms with van der Waals surface area (Å²) in [6, 6.07) is 5.85. The lowest BCUT2D eigenvalue weighted by Crippen LogP contribution is -2.49. The molecule has 1 N–H and O–H groups in total. The number of fused-ring (bicyclic) bond motifs is 2. The number of nitrogens with zero attached hydrogens (tertiary/aromatic N) is 4. The number of ether oxygens (including phenoxy) is 3. The van der Waals surface area contributed by atoms with Crippen molar-refractivity contribution in [1.29, 1.82) is 0 Å². The van der Waals surface area contributed by atoms with Gasteiger partial charge >= 0.3 is 6.09 Å². The molecule has 0 bridgehead atoms. The van der Waals surface area contributed by atoms with Crippen LogP contribution in [0.25, 0.3) is 32.9 Å². The molecule has 1 amide bonds. The Labute approximate surface area is 336 Å². The lowest BCUT2D eigenvalue weighted by molar-refractivity contribution is 0.0498. The molecule has 0 aliphatic carbocycles. The van der Waals surface area contributed by atoms with Crippen LogP contribution in [0.5, 0.6) is 5.75 Å². The Balaban J connectivity index is 1.79. The Morgan fingerprint density at radius 1 is 1.04 bits per heavy atom. The van der Waals surface area contributed by atoms with Crippen molar-refractivity contribution in [2.75, 3.05) is 38.1 Å². The number of sulfone groups is 1. The van der Waals surface area contributed by atoms with E-state index in [1.165, 1.54) is 13.2 Å². The lowest BCUT2D eigenvalue weighted by atomic mass is 9.95. The smallest absolute Gasteiger partial charge is 0.407 e. The second-order valence-electron chi connectivity index (χ2n) is 16.8. The van der Waals surface area contributed by atoms with Gasteiger partial charge in [-0.3, -0.25) is 0 Å². The molecule has 2 aromatic heterocycles. The van der Waals surface area contributed by atoms with Crippen LogP contribution in [0.15, 0.2) is 29.4 Å². The summed E-state index contributed by atoms with van der Waals surface area (Å²) in [5.74, 6) is 2.26. The van der Waals surface area contributed by atoms with Gasteiger partial charge in [0.25, 0.3) is 0 Å². The predicted octanol–water partition coefficient (Wildman–Crippen LogP) is 8.88. The number of aryl methyl sites for hydroxylation is 1. The molecule has 0 spiro atoms. The summed E-state index contributed by atoms with van der Waals surface area (Å²) in [7, 11) is -4.91. The fraction of sp³-hybridized carbons (Fsp3) is 0.524. The fourth-order valence-corrected chi connectivity index (χ4v) is 13.9. The number of benzene rings is 2. The van der Waals surface area contributed by atoms with Gasteiger partial charge in [0.05, 0.1) is 16.6 Å². The molecule has 308 valence electrons. The molecule has 1 atom stereocenters. The molecule has 0 radical (unpaired) electrons. The number of alkyl carbamates (subject to hydrolysis) is 1. The number of aromatic nitrogens is 3. The molecule has 2 aromatic carbocycles. The van der Waals surface area contributed by atoms with Crippen LogP contribution < -0.4 is 15.0 Å². The molecule has 3 heterocycles. The molecule has 1 fully saturated rings. The van der Waals surface area contributed by atoms with Crippen LogP contribution in [0, 0.1) is 30.0 Å². The van der Waals surface area contributed by atoms with Gasteiger partial charge < -0.3 is 24.4 Å². The number of methoxy groups -OCH3 is 1. The maximum Gasteiger partial charge on any atom is 0.407 e. The minimum absolute atomic E-state index is 0.106. The Hall–Kier alpha value is -4.39. The summed E-state index contributed by atoms with van der Waals surface area (Å²) in [6.45, 7) is 20.6. The van der Waals surface area contributed by atoms with Crippen molar-refractivity contribution in [1.82, 2.24) is 20.3 Å². The first-order valence-electron chi connectivity index (χ1n) is 19.3. The molecular weight excluding hydrogens is 769 g/mol. The molecule has 5 rings (SSSR count). The first kappa shape index (κ1) is 43.7. The van der Waals surface area contributed by atoms with E-state index in [9.17, 15) is 13.2 Å². The topological polar surface area (TPSA) is 133 Å². The second kappa shape index (κ2) is 16.8. The molecule has 15 heteroatoms. The summed E-state index contributed by atoms with van der Waals surface area (Å²) in [6.07, 6.45) is 1.64. The predicted molar refractivity (Wildman–Crippen MR) is 223 cm³/mol. The van der Waals surface area contributed by atoms with Gasteiger partial charge in [0.1, 0.15) is 42.3 Å². The van der Waals surface area contributed by atoms with E-state index in [1.807, 2.05) is 4.90 Å². The number of rotatable bonds is 10. The highest BCUT2D eigenvalue weighted by molar-refractivity contribution is 7.90. The number of hydrogen-bond acceptors (Lipinski definition) is 10. The molecule has 4 aromatic rings. The summed E-state index contributed by atoms with van der Waals surface area (Å²) in [4.78, 5) is 28.0. The van der Waals surface area contributed by atoms with Crippen molar-refractivity contribution in [2.24, 2.45) is 0 Å². The van der Waals surface area contributed by atoms with Crippen LogP contribution in [-0.4, -0.2) is 82.4 Å². The molecular formula is C42H55F2N5O6SSi. The van der Waals surface area contributed by atoms with E-state index in [2.05, 4.69) is 68.3 Å². The Morgan fingerprint density at radius 3 is 2.30 bits per heavy atom. The number of carbonyl (C=O) groups excluding carboxylic acids is 1. The molecule has 57 heavy (non-hydrogen) atoms. The zero-order valence-electron chi connectivity index (χ0n) is 35.1. The largest absolute Gasteiger partial charge is 0.468 e. The molecule has 1 aliphatic heterocycles. The number of nitrogens with one attached hydrogen (secondary N) is 1. The maximum absolute atomic E-state index is 17.5. The Morgan fingerprint density at radius 2 is 1.70 bits per heavy atom. The van der Waals surface area contributed by atoms with E-state index in [1.54, 1.807) is 45.9 Å². The van der Waals surface area contributed by atoms with Crippen molar-refractivity contribution in [3.05, 3.63) is 47.2 Å². The van der Waals surface area contributed by atoms with E-state index < -0.39 is 46.4 Å². The third kappa shape index (κ3) is 9.18. The van der Waals surface area contributed by atoms with Gasteiger partial charge in [-0.05, 0) is 80.7 Å². The van der Waals surface area contributed by atoms with Gasteiger partial charge in [-0.25, -0.2) is 36.9 Å². The zero-order chi connectivity index (χ0) is 42.2. The third-order valence-corrected chi connectivity index (χ3v) is 17.7. The number of carbonyl (C=O) groups is 1. The molecule has 0 unspecified atom stereocenters. The number of pyridine rings is 1. The highest BCUT2D eigenvalue weighted by atomic mass is 32.2. The van der Waals surface area contributed by atoms with E-state index >= 15 is 8.78 Å². The van der Waals surface area contributed by atoms with Gasteiger partial charge in [-0.1, -0.05) is 53.5 Å². The molecule has 1 aliphatic rings. The maximum atomic E-state index is 17.5. The summed E-state index contributed by atoms with van der Waals surface area (Å²) >= 11 is 0. The number of piperidine rings is 1. The summed E-state index contributed by atoms with van der Waals surface area (Å²) < 4.78 is 76.2. The van der Waals surface area contributed by atoms with Crippen LogP contribution in [0.2, 0.25) is 16.6 Å². The van der Waals surface area contributed by atoms with Crippen LogP contribution in [-0.2, 0) is 19.3 Å². The van der Waals surface area contributed by atoms with E-state index in [0.717, 1.165) is 6.26 Å². The first-order chi connectivity index (χ1) is 26.6. The standard InChI is InChI=1S/C42H55F2N5O6SSi/c1-24(2)57(25(3)4,26(5)6)19-17-31-33(43)16-15-28-20-30(54-23-53-11)21-32(35(28)31)37-36(44)38-34(27(7)45-37)39(48-40(47-38)56(12,51)52)49-18-13-14-29(22-49)46-41(50)55-42(8,9)10/h15-16,20-21,24-26,29H,13-14,18,22-23H2,1-12H3,(H,46,50)/t29-/m1/s1. The van der Waals surface area contributed by atoms with E-state index in [4.69, 9.17) is 19.2 Å². The average molecular weight is 824 g/mol. The summed E-state index contributed by atoms with van der Waals surface area (Å²) in [5.41, 5.74) is 3.90. The normalized spacial score (nSPS) is 15.4. The van der Waals surface area contributed by atoms with Crippen molar-refractivity contribution in [2.45, 2.75) is 116 Å². The third-order valence-electron chi connectivity index (χ3n) is 10.6. The minimum atomic E-state index is -4.05. The average Bonchev–Trinajstić information content (AvgIpc) is 3.10. The van der Waals surface area contributed by atoms with Crippen LogP contribution in [0.4, 0.5) is 19.4 Å². The highest BCUT2D eigenvalue weighted by Gasteiger charge is 2.42. The van der Waals surface area contributed by atoms with Crippen molar-refractivity contribution in [3.63, 3.8) is 0 Å². The van der Waals surface area contributed by atoms with Crippen molar-refractivity contribution >= 4 is 51.5 Å². The molecule has 0 saturated carbocycles. The number of amides is 1. The Kier molecular flexibility index (Phi) is 12.9. The molecule has 1 saturated heterocycles. The van der Waals surface area contributed by atoms with Crippen molar-refractivity contribution in [3.8, 4) is 28.5 Å². The highest BCUT2D eigenvalue weighted by Crippen LogP contribution is 2.43. The SMILES string of the molecule is COCOc1cc(-c2nc(C)c3c(N4CCC[C@@H](NC(=O)OC(C)(C)C)C4)nc(S(C)(=O)=O)nc3c2F)c2c(C#C[Si](C(C)C)(C(C)C)C(C)C)c(F)ccc2c1. The first-order valence-corrected chi connectivity index (χ1v) is 23.4. The van der Waals surface area contributed by atoms with Crippen molar-refractivity contribution < 1.29 is 36.2 Å². The number of halogens is 2.